The second kappa shape index (κ2) is 9.56. The van der Waals surface area contributed by atoms with Crippen LogP contribution in [0, 0.1) is 11.8 Å². The van der Waals surface area contributed by atoms with E-state index >= 15 is 0 Å². The van der Waals surface area contributed by atoms with Crippen LogP contribution in [-0.4, -0.2) is 68.7 Å². The molecule has 4 fully saturated rings. The molecule has 4 aliphatic rings. The number of rotatable bonds is 6. The van der Waals surface area contributed by atoms with E-state index in [4.69, 9.17) is 20.4 Å². The lowest BCUT2D eigenvalue weighted by molar-refractivity contribution is 0.0700. The van der Waals surface area contributed by atoms with Gasteiger partial charge in [-0.3, -0.25) is 4.79 Å². The molecule has 2 unspecified atom stereocenters. The van der Waals surface area contributed by atoms with Gasteiger partial charge in [0.25, 0.3) is 5.91 Å². The highest BCUT2D eigenvalue weighted by Gasteiger charge is 2.47. The van der Waals surface area contributed by atoms with Crippen LogP contribution in [0.2, 0.25) is 0 Å². The number of piperidine rings is 2. The molecule has 2 aliphatic heterocycles. The molecule has 1 amide bonds. The summed E-state index contributed by atoms with van der Waals surface area (Å²) in [6.07, 6.45) is 6.89. The summed E-state index contributed by atoms with van der Waals surface area (Å²) in [5.74, 6) is 3.16. The summed E-state index contributed by atoms with van der Waals surface area (Å²) in [5, 5.41) is 4.62. The Morgan fingerprint density at radius 2 is 1.90 bits per heavy atom. The SMILES string of the molecule is COc1cc(C(=O)N2CC3CCC2[C@@H]3N)cc2nc(-c3cc4ccc(C5CCNCC5)nc4n3CC3CC3)n(C)c12. The Hall–Kier alpha value is -3.43. The van der Waals surface area contributed by atoms with Crippen molar-refractivity contribution in [1.29, 1.82) is 0 Å². The van der Waals surface area contributed by atoms with Gasteiger partial charge < -0.3 is 29.8 Å². The average molecular weight is 554 g/mol. The maximum atomic E-state index is 13.7. The largest absolute Gasteiger partial charge is 0.494 e. The number of carbonyl (C=O) groups excluding carboxylic acids is 1. The summed E-state index contributed by atoms with van der Waals surface area (Å²) in [4.78, 5) is 26.1. The maximum absolute atomic E-state index is 13.7. The standard InChI is InChI=1S/C32H39N7O2/c1-37-29-24(13-22(15-27(29)41-2)32(40)39-17-21-6-8-25(39)28(21)33)36-31(37)26-14-20-5-7-23(19-9-11-34-12-10-19)35-30(20)38(26)16-18-3-4-18/h5,7,13-15,18-19,21,25,28,34H,3-4,6,8-12,16-17,33H2,1-2H3/t21?,25?,28-/m1/s1. The number of methoxy groups -OCH3 is 1. The quantitative estimate of drug-likeness (QED) is 0.374. The van der Waals surface area contributed by atoms with Crippen molar-refractivity contribution in [2.24, 2.45) is 24.6 Å². The number of benzene rings is 1. The van der Waals surface area contributed by atoms with Gasteiger partial charge in [0.05, 0.1) is 18.3 Å². The lowest BCUT2D eigenvalue weighted by Gasteiger charge is -2.27. The van der Waals surface area contributed by atoms with Crippen molar-refractivity contribution in [3.8, 4) is 17.3 Å². The fourth-order valence-electron chi connectivity index (χ4n) is 7.68. The van der Waals surface area contributed by atoms with Crippen LogP contribution in [0.5, 0.6) is 5.75 Å². The Morgan fingerprint density at radius 3 is 2.61 bits per heavy atom. The van der Waals surface area contributed by atoms with Crippen molar-refractivity contribution in [2.45, 2.75) is 63.1 Å². The van der Waals surface area contributed by atoms with Crippen LogP contribution in [-0.2, 0) is 13.6 Å². The van der Waals surface area contributed by atoms with Gasteiger partial charge >= 0.3 is 0 Å². The van der Waals surface area contributed by atoms with Gasteiger partial charge in [0, 0.05) is 54.8 Å². The summed E-state index contributed by atoms with van der Waals surface area (Å²) >= 11 is 0. The molecule has 2 bridgehead atoms. The van der Waals surface area contributed by atoms with Gasteiger partial charge in [-0.25, -0.2) is 9.97 Å². The van der Waals surface area contributed by atoms with Gasteiger partial charge in [-0.2, -0.15) is 0 Å². The molecular formula is C32H39N7O2. The number of likely N-dealkylation sites (tertiary alicyclic amines) is 1. The monoisotopic (exact) mass is 553 g/mol. The van der Waals surface area contributed by atoms with Crippen LogP contribution >= 0.6 is 0 Å². The van der Waals surface area contributed by atoms with Crippen LogP contribution in [0.1, 0.15) is 60.5 Å². The number of imidazole rings is 1. The fourth-order valence-corrected chi connectivity index (χ4v) is 7.68. The molecule has 4 aromatic rings. The van der Waals surface area contributed by atoms with Gasteiger partial charge in [-0.1, -0.05) is 0 Å². The second-order valence-corrected chi connectivity index (χ2v) is 12.7. The molecule has 8 rings (SSSR count). The number of aromatic nitrogens is 4. The Morgan fingerprint density at radius 1 is 1.07 bits per heavy atom. The number of pyridine rings is 1. The molecule has 9 heteroatoms. The number of carbonyl (C=O) groups is 1. The van der Waals surface area contributed by atoms with Gasteiger partial charge in [-0.05, 0) is 93.8 Å². The third-order valence-corrected chi connectivity index (χ3v) is 10.2. The van der Waals surface area contributed by atoms with E-state index < -0.39 is 0 Å². The molecule has 5 heterocycles. The van der Waals surface area contributed by atoms with Crippen molar-refractivity contribution >= 4 is 28.0 Å². The van der Waals surface area contributed by atoms with E-state index in [2.05, 4.69) is 32.7 Å². The first-order valence-corrected chi connectivity index (χ1v) is 15.3. The van der Waals surface area contributed by atoms with E-state index in [1.807, 2.05) is 24.1 Å². The van der Waals surface area contributed by atoms with Gasteiger partial charge in [0.2, 0.25) is 0 Å². The van der Waals surface area contributed by atoms with Crippen molar-refractivity contribution in [1.82, 2.24) is 29.3 Å². The van der Waals surface area contributed by atoms with Gasteiger partial charge in [0.15, 0.2) is 5.82 Å². The zero-order valence-corrected chi connectivity index (χ0v) is 24.0. The summed E-state index contributed by atoms with van der Waals surface area (Å²) in [7, 11) is 3.71. The van der Waals surface area contributed by atoms with Crippen LogP contribution in [0.25, 0.3) is 33.6 Å². The number of hydrogen-bond donors (Lipinski definition) is 2. The van der Waals surface area contributed by atoms with Gasteiger partial charge in [0.1, 0.15) is 16.9 Å². The van der Waals surface area contributed by atoms with Crippen LogP contribution in [0.4, 0.5) is 0 Å². The molecular weight excluding hydrogens is 514 g/mol. The number of amides is 1. The number of hydrogen-bond acceptors (Lipinski definition) is 6. The average Bonchev–Trinajstić information content (AvgIpc) is 3.41. The van der Waals surface area contributed by atoms with E-state index in [9.17, 15) is 4.79 Å². The Bertz CT molecular complexity index is 1660. The Balaban J connectivity index is 1.22. The summed E-state index contributed by atoms with van der Waals surface area (Å²) in [6.45, 7) is 3.79. The summed E-state index contributed by atoms with van der Waals surface area (Å²) in [6, 6.07) is 10.7. The van der Waals surface area contributed by atoms with Crippen LogP contribution in [0.15, 0.2) is 30.3 Å². The number of nitrogens with one attached hydrogen (secondary N) is 1. The van der Waals surface area contributed by atoms with E-state index in [-0.39, 0.29) is 18.0 Å². The molecule has 0 spiro atoms. The van der Waals surface area contributed by atoms with E-state index in [0.29, 0.717) is 29.1 Å². The molecule has 41 heavy (non-hydrogen) atoms. The first kappa shape index (κ1) is 25.3. The molecule has 1 aromatic carbocycles. The topological polar surface area (TPSA) is 103 Å². The van der Waals surface area contributed by atoms with Crippen LogP contribution < -0.4 is 15.8 Å². The minimum Gasteiger partial charge on any atom is -0.494 e. The number of nitrogens with zero attached hydrogens (tertiary/aromatic N) is 5. The van der Waals surface area contributed by atoms with E-state index in [1.165, 1.54) is 18.5 Å². The van der Waals surface area contributed by atoms with Crippen molar-refractivity contribution < 1.29 is 9.53 Å². The molecule has 3 N–H and O–H groups in total. The highest BCUT2D eigenvalue weighted by Crippen LogP contribution is 2.40. The summed E-state index contributed by atoms with van der Waals surface area (Å²) < 4.78 is 10.4. The molecule has 0 radical (unpaired) electrons. The smallest absolute Gasteiger partial charge is 0.254 e. The lowest BCUT2D eigenvalue weighted by atomic mass is 9.94. The first-order valence-electron chi connectivity index (χ1n) is 15.3. The minimum absolute atomic E-state index is 0.0255. The molecule has 9 nitrogen and oxygen atoms in total. The van der Waals surface area contributed by atoms with E-state index in [1.54, 1.807) is 7.11 Å². The highest BCUT2D eigenvalue weighted by molar-refractivity contribution is 6.00. The minimum atomic E-state index is 0.0255. The number of ether oxygens (including phenoxy) is 1. The van der Waals surface area contributed by atoms with Crippen molar-refractivity contribution in [3.63, 3.8) is 0 Å². The van der Waals surface area contributed by atoms with Gasteiger partial charge in [-0.15, -0.1) is 0 Å². The Labute approximate surface area is 240 Å². The molecule has 3 aromatic heterocycles. The predicted molar refractivity (Wildman–Crippen MR) is 159 cm³/mol. The molecule has 3 atom stereocenters. The zero-order chi connectivity index (χ0) is 27.8. The molecule has 214 valence electrons. The lowest BCUT2D eigenvalue weighted by Crippen LogP contribution is -2.41. The maximum Gasteiger partial charge on any atom is 0.254 e. The van der Waals surface area contributed by atoms with Crippen LogP contribution in [0.3, 0.4) is 0 Å². The molecule has 2 aliphatic carbocycles. The predicted octanol–water partition coefficient (Wildman–Crippen LogP) is 4.04. The molecule has 2 saturated carbocycles. The highest BCUT2D eigenvalue weighted by atomic mass is 16.5. The van der Waals surface area contributed by atoms with Crippen molar-refractivity contribution in [2.75, 3.05) is 26.7 Å². The van der Waals surface area contributed by atoms with E-state index in [0.717, 1.165) is 85.4 Å². The number of nitrogens with two attached hydrogens (primary N) is 1. The Kier molecular flexibility index (Phi) is 5.90. The third-order valence-electron chi connectivity index (χ3n) is 10.2. The second-order valence-electron chi connectivity index (χ2n) is 12.7. The fraction of sp³-hybridized carbons (Fsp3) is 0.531. The summed E-state index contributed by atoms with van der Waals surface area (Å²) in [5.41, 5.74) is 12.0. The zero-order valence-electron chi connectivity index (χ0n) is 24.0. The normalized spacial score (nSPS) is 24.7. The van der Waals surface area contributed by atoms with Crippen molar-refractivity contribution in [3.05, 3.63) is 41.6 Å². The first-order chi connectivity index (χ1) is 20.0. The number of aryl methyl sites for hydroxylation is 1. The number of fused-ring (bicyclic) bond motifs is 4. The molecule has 2 saturated heterocycles. The third kappa shape index (κ3) is 4.07.